The summed E-state index contributed by atoms with van der Waals surface area (Å²) >= 11 is 3.83. The predicted molar refractivity (Wildman–Crippen MR) is 300 cm³/mol. The lowest BCUT2D eigenvalue weighted by Gasteiger charge is -2.41. The third kappa shape index (κ3) is 11.3. The van der Waals surface area contributed by atoms with Crippen molar-refractivity contribution in [1.82, 2.24) is 5.06 Å². The molecule has 5 aliphatic rings. The molecular weight excluding hydrogens is 1090 g/mol. The minimum atomic E-state index is -1.06. The number of rotatable bonds is 5. The van der Waals surface area contributed by atoms with Gasteiger partial charge in [0.25, 0.3) is 35.4 Å². The quantitative estimate of drug-likeness (QED) is 0.102. The van der Waals surface area contributed by atoms with Gasteiger partial charge in [-0.1, -0.05) is 24.3 Å². The van der Waals surface area contributed by atoms with Crippen LogP contribution in [0.2, 0.25) is 0 Å². The molecule has 0 aromatic heterocycles. The van der Waals surface area contributed by atoms with Gasteiger partial charge in [0, 0.05) is 81.9 Å². The lowest BCUT2D eigenvalue weighted by molar-refractivity contribution is -0.904. The number of fused-ring (bicyclic) bond motifs is 4. The number of carboxylic acid groups (broad SMARTS) is 1. The van der Waals surface area contributed by atoms with Crippen molar-refractivity contribution in [2.24, 2.45) is 5.14 Å². The highest BCUT2D eigenvalue weighted by atomic mass is 35.5. The Morgan fingerprint density at radius 1 is 0.610 bits per heavy atom. The summed E-state index contributed by atoms with van der Waals surface area (Å²) in [5.74, 6) is -4.79. The molecule has 6 amide bonds. The normalized spacial score (nSPS) is 16.3. The number of anilines is 4. The maximum Gasteiger partial charge on any atom is 0.363 e. The van der Waals surface area contributed by atoms with Gasteiger partial charge in [0.1, 0.15) is 13.1 Å². The minimum absolute atomic E-state index is 0. The zero-order chi connectivity index (χ0) is 53.7. The van der Waals surface area contributed by atoms with Gasteiger partial charge >= 0.3 is 11.9 Å². The van der Waals surface area contributed by atoms with E-state index in [0.717, 1.165) is 78.5 Å². The van der Waals surface area contributed by atoms with E-state index in [1.165, 1.54) is 48.5 Å². The number of benzene rings is 6. The highest BCUT2D eigenvalue weighted by Crippen LogP contribution is 2.44. The molecule has 0 bridgehead atoms. The zero-order valence-corrected chi connectivity index (χ0v) is 46.6. The van der Waals surface area contributed by atoms with Crippen LogP contribution in [0.3, 0.4) is 0 Å². The van der Waals surface area contributed by atoms with E-state index in [9.17, 15) is 38.4 Å². The molecule has 6 aromatic rings. The molecule has 11 rings (SSSR count). The molecule has 1 fully saturated rings. The Morgan fingerprint density at radius 3 is 1.32 bits per heavy atom. The van der Waals surface area contributed by atoms with Crippen molar-refractivity contribution in [1.29, 1.82) is 0 Å². The van der Waals surface area contributed by atoms with Crippen LogP contribution in [0.25, 0.3) is 31.8 Å². The van der Waals surface area contributed by atoms with Gasteiger partial charge in [0.2, 0.25) is 0 Å². The summed E-state index contributed by atoms with van der Waals surface area (Å²) in [6, 6.07) is 26.4. The number of nitrogens with zero attached hydrogens (tertiary/aromatic N) is 7. The molecular formula is C52H54Cl2N10O10S3-2. The number of imide groups is 3. The standard InChI is InChI=1S/C28H25N4O6.C24H21N3O4.2ClH.H2N2S.H2NS.H2S/c1-29-15-32(2,3)14-17-13-21-24-19(25(17)29)5-4-6-20(24)26(35)30(27(21)36)18-9-7-16(8-10-18)28(37)38-31-22(33)11-12-23(31)34;1-25-13-27(2,3)12-15-11-19-20-17(21(15)25)5-4-6-18(20)22(28)26(23(19)29)16-9-7-14(8-10-16)24(30)31;;;1-3-2;1-2;/h4-10,13H,11-12,14-15H2,1-3H3;4-11H,12-13H2,1-3H3;2*1H;1-2H;1H2;1H2/q+1;;;;-2;-1;. The van der Waals surface area contributed by atoms with Gasteiger partial charge in [-0.25, -0.2) is 19.4 Å². The fourth-order valence-corrected chi connectivity index (χ4v) is 10.6. The molecule has 5 N–H and O–H groups in total. The third-order valence-electron chi connectivity index (χ3n) is 13.2. The van der Waals surface area contributed by atoms with Crippen molar-refractivity contribution >= 4 is 143 Å². The summed E-state index contributed by atoms with van der Waals surface area (Å²) in [4.78, 5) is 113. The first-order chi connectivity index (χ1) is 35.1. The van der Waals surface area contributed by atoms with Crippen LogP contribution in [-0.4, -0.2) is 122 Å². The van der Waals surface area contributed by atoms with Gasteiger partial charge in [-0.05, 0) is 72.8 Å². The summed E-state index contributed by atoms with van der Waals surface area (Å²) in [6.45, 7) is 3.15. The van der Waals surface area contributed by atoms with Gasteiger partial charge in [-0.2, -0.15) is 13.5 Å². The van der Waals surface area contributed by atoms with Crippen molar-refractivity contribution in [3.8, 4) is 0 Å². The van der Waals surface area contributed by atoms with E-state index in [4.69, 9.17) is 20.2 Å². The van der Waals surface area contributed by atoms with E-state index >= 15 is 0 Å². The van der Waals surface area contributed by atoms with Crippen LogP contribution >= 0.6 is 38.0 Å². The Bertz CT molecular complexity index is 3370. The monoisotopic (exact) mass is 1140 g/mol. The molecule has 1 saturated heterocycles. The second kappa shape index (κ2) is 23.9. The number of hydroxylamine groups is 2. The van der Waals surface area contributed by atoms with Crippen LogP contribution in [0, 0.1) is 0 Å². The third-order valence-corrected chi connectivity index (χ3v) is 13.2. The lowest BCUT2D eigenvalue weighted by Crippen LogP contribution is -3.00. The molecule has 6 aromatic carbocycles. The van der Waals surface area contributed by atoms with E-state index in [2.05, 4.69) is 55.9 Å². The van der Waals surface area contributed by atoms with Gasteiger partial charge < -0.3 is 81.5 Å². The molecule has 5 aliphatic heterocycles. The predicted octanol–water partition coefficient (Wildman–Crippen LogP) is 4.77. The number of aromatic carboxylic acids is 1. The molecule has 0 unspecified atom stereocenters. The number of halogens is 2. The summed E-state index contributed by atoms with van der Waals surface area (Å²) in [6.07, 6.45) is -0.0110. The van der Waals surface area contributed by atoms with Crippen LogP contribution in [0.5, 0.6) is 0 Å². The largest absolute Gasteiger partial charge is 1.00 e. The number of quaternary nitrogens is 2. The number of carboxylic acids is 1. The Morgan fingerprint density at radius 2 is 0.961 bits per heavy atom. The fourth-order valence-electron chi connectivity index (χ4n) is 10.6. The topological polar surface area (TPSA) is 256 Å². The van der Waals surface area contributed by atoms with E-state index in [-0.39, 0.29) is 74.4 Å². The summed E-state index contributed by atoms with van der Waals surface area (Å²) in [5, 5.41) is 28.4. The van der Waals surface area contributed by atoms with Gasteiger partial charge in [-0.15, -0.1) is 17.5 Å². The van der Waals surface area contributed by atoms with E-state index in [1.807, 2.05) is 50.5 Å². The maximum atomic E-state index is 13.8. The Balaban J connectivity index is 0.000000257. The van der Waals surface area contributed by atoms with Crippen LogP contribution in [0.4, 0.5) is 22.7 Å². The van der Waals surface area contributed by atoms with E-state index in [0.29, 0.717) is 49.5 Å². The van der Waals surface area contributed by atoms with Crippen molar-refractivity contribution in [2.45, 2.75) is 25.9 Å². The number of hydrogen-bond acceptors (Lipinski definition) is 14. The molecule has 0 aliphatic carbocycles. The van der Waals surface area contributed by atoms with Crippen molar-refractivity contribution in [2.75, 3.05) is 75.2 Å². The number of amides is 6. The lowest BCUT2D eigenvalue weighted by atomic mass is 9.89. The van der Waals surface area contributed by atoms with Gasteiger partial charge in [-0.3, -0.25) is 28.8 Å². The maximum absolute atomic E-state index is 13.8. The Hall–Kier alpha value is -6.77. The van der Waals surface area contributed by atoms with Gasteiger partial charge in [0.05, 0.1) is 62.1 Å². The number of nitrogens with one attached hydrogen (secondary N) is 2. The van der Waals surface area contributed by atoms with Crippen molar-refractivity contribution < 1.29 is 69.7 Å². The fraction of sp³-hybridized carbons (Fsp3) is 0.231. The molecule has 0 saturated carbocycles. The Labute approximate surface area is 472 Å². The molecule has 25 heteroatoms. The minimum Gasteiger partial charge on any atom is -1.00 e. The number of hydrogen-bond donors (Lipinski definition) is 2. The summed E-state index contributed by atoms with van der Waals surface area (Å²) in [7, 11) is 12.6. The first kappa shape index (κ1) is 61.1. The number of carbonyl (C=O) groups is 8. The first-order valence-corrected chi connectivity index (χ1v) is 24.2. The van der Waals surface area contributed by atoms with Crippen LogP contribution in [-0.2, 0) is 40.3 Å². The number of carbonyl (C=O) groups excluding carboxylic acids is 7. The van der Waals surface area contributed by atoms with E-state index < -0.39 is 47.4 Å². The molecule has 5 heterocycles. The molecule has 0 radical (unpaired) electrons. The zero-order valence-electron chi connectivity index (χ0n) is 42.4. The highest BCUT2D eigenvalue weighted by Gasteiger charge is 2.41. The van der Waals surface area contributed by atoms with Gasteiger partial charge in [0.15, 0.2) is 13.3 Å². The van der Waals surface area contributed by atoms with Crippen LogP contribution in [0.15, 0.2) is 97.1 Å². The first-order valence-electron chi connectivity index (χ1n) is 22.9. The molecule has 20 nitrogen and oxygen atoms in total. The average molecular weight is 1150 g/mol. The van der Waals surface area contributed by atoms with Crippen molar-refractivity contribution in [3.63, 3.8) is 0 Å². The second-order valence-corrected chi connectivity index (χ2v) is 19.7. The van der Waals surface area contributed by atoms with E-state index in [1.54, 1.807) is 12.1 Å². The van der Waals surface area contributed by atoms with Crippen molar-refractivity contribution in [3.05, 3.63) is 152 Å². The van der Waals surface area contributed by atoms with Crippen LogP contribution < -0.4 is 37.1 Å². The average Bonchev–Trinajstić information content (AvgIpc) is 3.67. The number of nitrogens with two attached hydrogens (primary N) is 1. The second-order valence-electron chi connectivity index (χ2n) is 19.5. The molecule has 406 valence electrons. The summed E-state index contributed by atoms with van der Waals surface area (Å²) in [5.41, 5.74) is 6.89. The molecule has 0 atom stereocenters. The molecule has 77 heavy (non-hydrogen) atoms. The molecule has 0 spiro atoms. The highest BCUT2D eigenvalue weighted by molar-refractivity contribution is 8.02. The Kier molecular flexibility index (Phi) is 18.9. The van der Waals surface area contributed by atoms with Crippen LogP contribution in [0.1, 0.15) is 86.1 Å². The SMILES string of the molecule is CN1C[N+](C)(C)Cc2cc3c4c(cccc4c21)C(=O)N(c1ccc(C(=O)O)cc1)C3=O.CN1C[N+](C)(C)Cc2cc3c4c(cccc4c21)C(=O)N(c1ccc(C(=O)ON2C(=O)CCC2=O)cc1)C3=O.Cl.N[S-].S.[Cl-].[NH-]S[NH-]. The smallest absolute Gasteiger partial charge is 0.363 e. The summed E-state index contributed by atoms with van der Waals surface area (Å²) < 4.78 is 1.50.